The summed E-state index contributed by atoms with van der Waals surface area (Å²) in [4.78, 5) is 10.3. The number of carbonyl (C=O) groups excluding carboxylic acids is 1. The molecule has 0 aliphatic carbocycles. The van der Waals surface area contributed by atoms with Gasteiger partial charge in [0.15, 0.2) is 0 Å². The van der Waals surface area contributed by atoms with E-state index in [0.717, 1.165) is 0 Å². The molecule has 0 fully saturated rings. The minimum Gasteiger partial charge on any atom is -0.394 e. The highest BCUT2D eigenvalue weighted by atomic mass is 32.2. The van der Waals surface area contributed by atoms with Gasteiger partial charge in [-0.2, -0.15) is 11.8 Å². The molecule has 0 rings (SSSR count). The van der Waals surface area contributed by atoms with Gasteiger partial charge in [-0.1, -0.05) is 0 Å². The van der Waals surface area contributed by atoms with Crippen LogP contribution in [0.25, 0.3) is 0 Å². The van der Waals surface area contributed by atoms with Crippen LogP contribution in [-0.4, -0.2) is 40.2 Å². The van der Waals surface area contributed by atoms with E-state index < -0.39 is 6.10 Å². The Bertz CT molecular complexity index is 105. The molecule has 0 heterocycles. The molecule has 0 saturated heterocycles. The second kappa shape index (κ2) is 5.70. The number of Topliss-reactive ketones (excluding diaryl/α,β-unsaturated/α-hetero) is 1. The van der Waals surface area contributed by atoms with Gasteiger partial charge in [0.1, 0.15) is 5.78 Å². The molecule has 0 bridgehead atoms. The molecule has 4 heteroatoms. The molecular weight excluding hydrogens is 152 g/mol. The molecule has 0 aromatic heterocycles. The molecule has 60 valence electrons. The molecule has 0 saturated carbocycles. The second-order valence-electron chi connectivity index (χ2n) is 2.05. The van der Waals surface area contributed by atoms with Crippen molar-refractivity contribution < 1.29 is 15.0 Å². The van der Waals surface area contributed by atoms with Gasteiger partial charge in [-0.05, 0) is 6.92 Å². The largest absolute Gasteiger partial charge is 0.394 e. The minimum atomic E-state index is -0.690. The average Bonchev–Trinajstić information content (AvgIpc) is 1.87. The third kappa shape index (κ3) is 6.07. The topological polar surface area (TPSA) is 57.5 Å². The first-order valence-electron chi connectivity index (χ1n) is 3.03. The van der Waals surface area contributed by atoms with Gasteiger partial charge < -0.3 is 10.2 Å². The van der Waals surface area contributed by atoms with Crippen molar-refractivity contribution in [3.05, 3.63) is 0 Å². The third-order valence-corrected chi connectivity index (χ3v) is 2.06. The van der Waals surface area contributed by atoms with Crippen LogP contribution in [0, 0.1) is 0 Å². The summed E-state index contributed by atoms with van der Waals surface area (Å²) in [5.74, 6) is 0.933. The smallest absolute Gasteiger partial charge is 0.139 e. The molecule has 0 radical (unpaired) electrons. The monoisotopic (exact) mass is 164 g/mol. The van der Waals surface area contributed by atoms with E-state index in [-0.39, 0.29) is 12.4 Å². The quantitative estimate of drug-likeness (QED) is 0.583. The zero-order valence-electron chi connectivity index (χ0n) is 5.91. The van der Waals surface area contributed by atoms with Crippen LogP contribution in [0.15, 0.2) is 0 Å². The summed E-state index contributed by atoms with van der Waals surface area (Å²) in [5, 5.41) is 17.1. The fraction of sp³-hybridized carbons (Fsp3) is 0.833. The predicted molar refractivity (Wildman–Crippen MR) is 41.1 cm³/mol. The van der Waals surface area contributed by atoms with Crippen LogP contribution in [0.1, 0.15) is 6.92 Å². The number of rotatable bonds is 5. The van der Waals surface area contributed by atoms with Gasteiger partial charge in [0.25, 0.3) is 0 Å². The van der Waals surface area contributed by atoms with Crippen LogP contribution in [0.2, 0.25) is 0 Å². The van der Waals surface area contributed by atoms with Crippen molar-refractivity contribution in [3.8, 4) is 0 Å². The van der Waals surface area contributed by atoms with Crippen molar-refractivity contribution >= 4 is 17.5 Å². The maximum atomic E-state index is 10.3. The Labute approximate surface area is 64.4 Å². The summed E-state index contributed by atoms with van der Waals surface area (Å²) in [6, 6.07) is 0. The number of aliphatic hydroxyl groups excluding tert-OH is 2. The fourth-order valence-electron chi connectivity index (χ4n) is 0.391. The number of carbonyl (C=O) groups is 1. The van der Waals surface area contributed by atoms with Gasteiger partial charge in [-0.25, -0.2) is 0 Å². The molecule has 1 unspecified atom stereocenters. The highest BCUT2D eigenvalue weighted by molar-refractivity contribution is 7.99. The lowest BCUT2D eigenvalue weighted by molar-refractivity contribution is -0.114. The van der Waals surface area contributed by atoms with E-state index in [1.165, 1.54) is 18.7 Å². The minimum absolute atomic E-state index is 0.0927. The standard InChI is InChI=1S/C6H12O3S/c1-5(8)3-10-4-6(9)2-7/h6-7,9H,2-4H2,1H3. The van der Waals surface area contributed by atoms with Crippen molar-refractivity contribution in [3.63, 3.8) is 0 Å². The van der Waals surface area contributed by atoms with E-state index in [1.54, 1.807) is 0 Å². The Morgan fingerprint density at radius 1 is 1.70 bits per heavy atom. The SMILES string of the molecule is CC(=O)CSCC(O)CO. The summed E-state index contributed by atoms with van der Waals surface area (Å²) in [7, 11) is 0. The Morgan fingerprint density at radius 3 is 2.70 bits per heavy atom. The summed E-state index contributed by atoms with van der Waals surface area (Å²) < 4.78 is 0. The summed E-state index contributed by atoms with van der Waals surface area (Å²) in [5.41, 5.74) is 0. The van der Waals surface area contributed by atoms with Crippen molar-refractivity contribution in [1.82, 2.24) is 0 Å². The highest BCUT2D eigenvalue weighted by Crippen LogP contribution is 2.01. The Hall–Kier alpha value is -0.0600. The molecule has 3 nitrogen and oxygen atoms in total. The van der Waals surface area contributed by atoms with Crippen LogP contribution in [0.5, 0.6) is 0 Å². The first kappa shape index (κ1) is 9.94. The van der Waals surface area contributed by atoms with Crippen LogP contribution >= 0.6 is 11.8 Å². The molecular formula is C6H12O3S. The lowest BCUT2D eigenvalue weighted by Gasteiger charge is -2.03. The second-order valence-corrected chi connectivity index (χ2v) is 3.08. The number of aliphatic hydroxyl groups is 2. The summed E-state index contributed by atoms with van der Waals surface area (Å²) >= 11 is 1.33. The first-order valence-corrected chi connectivity index (χ1v) is 4.18. The van der Waals surface area contributed by atoms with E-state index in [1.807, 2.05) is 0 Å². The zero-order chi connectivity index (χ0) is 7.98. The highest BCUT2D eigenvalue weighted by Gasteiger charge is 2.01. The maximum absolute atomic E-state index is 10.3. The van der Waals surface area contributed by atoms with Crippen molar-refractivity contribution in [2.75, 3.05) is 18.1 Å². The van der Waals surface area contributed by atoms with Crippen molar-refractivity contribution in [2.24, 2.45) is 0 Å². The molecule has 2 N–H and O–H groups in total. The molecule has 0 aromatic carbocycles. The van der Waals surface area contributed by atoms with Crippen LogP contribution in [0.3, 0.4) is 0 Å². The van der Waals surface area contributed by atoms with E-state index in [2.05, 4.69) is 0 Å². The molecule has 0 amide bonds. The average molecular weight is 164 g/mol. The fourth-order valence-corrected chi connectivity index (χ4v) is 1.17. The normalized spacial score (nSPS) is 13.1. The van der Waals surface area contributed by atoms with Gasteiger partial charge in [0.2, 0.25) is 0 Å². The predicted octanol–water partition coefficient (Wildman–Crippen LogP) is -0.338. The number of hydrogen-bond acceptors (Lipinski definition) is 4. The van der Waals surface area contributed by atoms with E-state index in [4.69, 9.17) is 10.2 Å². The zero-order valence-corrected chi connectivity index (χ0v) is 6.73. The Balaban J connectivity index is 3.11. The first-order chi connectivity index (χ1) is 4.66. The van der Waals surface area contributed by atoms with Crippen LogP contribution in [0.4, 0.5) is 0 Å². The van der Waals surface area contributed by atoms with Crippen molar-refractivity contribution in [2.45, 2.75) is 13.0 Å². The van der Waals surface area contributed by atoms with E-state index in [0.29, 0.717) is 11.5 Å². The molecule has 10 heavy (non-hydrogen) atoms. The third-order valence-electron chi connectivity index (χ3n) is 0.826. The van der Waals surface area contributed by atoms with Gasteiger partial charge in [-0.15, -0.1) is 0 Å². The van der Waals surface area contributed by atoms with Gasteiger partial charge >= 0.3 is 0 Å². The van der Waals surface area contributed by atoms with Crippen LogP contribution in [-0.2, 0) is 4.79 Å². The van der Waals surface area contributed by atoms with Crippen LogP contribution < -0.4 is 0 Å². The van der Waals surface area contributed by atoms with Gasteiger partial charge in [0.05, 0.1) is 18.5 Å². The number of ketones is 1. The van der Waals surface area contributed by atoms with E-state index >= 15 is 0 Å². The molecule has 0 aromatic rings. The van der Waals surface area contributed by atoms with Gasteiger partial charge in [-0.3, -0.25) is 4.79 Å². The summed E-state index contributed by atoms with van der Waals surface area (Å²) in [6.07, 6.45) is -0.690. The summed E-state index contributed by atoms with van der Waals surface area (Å²) in [6.45, 7) is 1.27. The number of thioether (sulfide) groups is 1. The molecule has 1 atom stereocenters. The molecule has 0 aliphatic heterocycles. The van der Waals surface area contributed by atoms with Crippen molar-refractivity contribution in [1.29, 1.82) is 0 Å². The number of hydrogen-bond donors (Lipinski definition) is 2. The maximum Gasteiger partial charge on any atom is 0.139 e. The lowest BCUT2D eigenvalue weighted by Crippen LogP contribution is -2.15. The van der Waals surface area contributed by atoms with E-state index in [9.17, 15) is 4.79 Å². The lowest BCUT2D eigenvalue weighted by atomic mass is 10.4. The van der Waals surface area contributed by atoms with Gasteiger partial charge in [0, 0.05) is 5.75 Å². The Kier molecular flexibility index (Phi) is 5.67. The molecule has 0 aliphatic rings. The molecule has 0 spiro atoms. The Morgan fingerprint density at radius 2 is 2.30 bits per heavy atom.